The van der Waals surface area contributed by atoms with Crippen molar-refractivity contribution in [3.8, 4) is 0 Å². The van der Waals surface area contributed by atoms with Crippen LogP contribution in [0.4, 0.5) is 19.0 Å². The summed E-state index contributed by atoms with van der Waals surface area (Å²) in [7, 11) is 0. The highest BCUT2D eigenvalue weighted by atomic mass is 79.9. The predicted octanol–water partition coefficient (Wildman–Crippen LogP) is 4.86. The SMILES string of the molecule is O=C(c1nn2c(c1Br)N[C@H](c1ccco1)C[C@@H]2C(F)(F)F)N1CCN(Cc2ccccc2)CC1. The molecule has 3 aromatic rings. The quantitative estimate of drug-likeness (QED) is 0.515. The number of amides is 1. The number of aromatic nitrogens is 2. The van der Waals surface area contributed by atoms with Gasteiger partial charge in [-0.25, -0.2) is 4.68 Å². The number of anilines is 1. The molecule has 180 valence electrons. The molecule has 7 nitrogen and oxygen atoms in total. The summed E-state index contributed by atoms with van der Waals surface area (Å²) in [6.45, 7) is 3.10. The van der Waals surface area contributed by atoms with Crippen LogP contribution in [0, 0.1) is 0 Å². The highest BCUT2D eigenvalue weighted by molar-refractivity contribution is 9.10. The van der Waals surface area contributed by atoms with Crippen LogP contribution in [0.3, 0.4) is 0 Å². The van der Waals surface area contributed by atoms with Gasteiger partial charge in [0, 0.05) is 39.1 Å². The van der Waals surface area contributed by atoms with Crippen LogP contribution < -0.4 is 5.32 Å². The van der Waals surface area contributed by atoms with E-state index < -0.39 is 18.3 Å². The molecular weight excluding hydrogens is 515 g/mol. The van der Waals surface area contributed by atoms with Gasteiger partial charge in [0.2, 0.25) is 0 Å². The molecule has 1 N–H and O–H groups in total. The Bertz CT molecular complexity index is 1140. The van der Waals surface area contributed by atoms with E-state index in [0.717, 1.165) is 11.2 Å². The molecule has 0 saturated carbocycles. The Morgan fingerprint density at radius 1 is 1.12 bits per heavy atom. The minimum atomic E-state index is -4.53. The Morgan fingerprint density at radius 3 is 2.50 bits per heavy atom. The van der Waals surface area contributed by atoms with E-state index in [1.165, 1.54) is 11.8 Å². The van der Waals surface area contributed by atoms with Gasteiger partial charge in [-0.15, -0.1) is 0 Å². The second-order valence-electron chi connectivity index (χ2n) is 8.52. The van der Waals surface area contributed by atoms with E-state index in [0.29, 0.717) is 31.9 Å². The standard InChI is InChI=1S/C23H23BrF3N5O2/c24-19-20(22(33)31-10-8-30(9-11-31)14-15-5-2-1-3-6-15)29-32-18(23(25,26)27)13-16(28-21(19)32)17-7-4-12-34-17/h1-7,12,16,18,28H,8-11,13-14H2/t16-,18+/m0/s1. The second-order valence-corrected chi connectivity index (χ2v) is 9.31. The van der Waals surface area contributed by atoms with Gasteiger partial charge in [0.1, 0.15) is 11.6 Å². The molecule has 1 saturated heterocycles. The largest absolute Gasteiger partial charge is 0.467 e. The maximum Gasteiger partial charge on any atom is 0.410 e. The number of piperazine rings is 1. The number of carbonyl (C=O) groups excluding carboxylic acids is 1. The molecule has 0 unspecified atom stereocenters. The van der Waals surface area contributed by atoms with E-state index in [1.54, 1.807) is 17.0 Å². The third-order valence-corrected chi connectivity index (χ3v) is 7.04. The van der Waals surface area contributed by atoms with Crippen LogP contribution >= 0.6 is 15.9 Å². The first-order valence-corrected chi connectivity index (χ1v) is 11.8. The highest BCUT2D eigenvalue weighted by Gasteiger charge is 2.48. The van der Waals surface area contributed by atoms with Crippen molar-refractivity contribution in [3.05, 3.63) is 70.2 Å². The molecule has 11 heteroatoms. The maximum atomic E-state index is 13.9. The molecule has 5 rings (SSSR count). The molecule has 4 heterocycles. The number of carbonyl (C=O) groups is 1. The number of nitrogens with zero attached hydrogens (tertiary/aromatic N) is 4. The van der Waals surface area contributed by atoms with Crippen LogP contribution in [0.5, 0.6) is 0 Å². The highest BCUT2D eigenvalue weighted by Crippen LogP contribution is 2.46. The summed E-state index contributed by atoms with van der Waals surface area (Å²) >= 11 is 3.34. The van der Waals surface area contributed by atoms with Crippen LogP contribution in [0.15, 0.2) is 57.6 Å². The Labute approximate surface area is 202 Å². The monoisotopic (exact) mass is 537 g/mol. The lowest BCUT2D eigenvalue weighted by molar-refractivity contribution is -0.174. The minimum Gasteiger partial charge on any atom is -0.467 e. The zero-order valence-corrected chi connectivity index (χ0v) is 19.7. The predicted molar refractivity (Wildman–Crippen MR) is 122 cm³/mol. The average molecular weight is 538 g/mol. The fourth-order valence-corrected chi connectivity index (χ4v) is 5.05. The smallest absolute Gasteiger partial charge is 0.410 e. The number of nitrogens with one attached hydrogen (secondary N) is 1. The van der Waals surface area contributed by atoms with Crippen molar-refractivity contribution in [3.63, 3.8) is 0 Å². The molecule has 0 aliphatic carbocycles. The molecule has 0 spiro atoms. The van der Waals surface area contributed by atoms with Gasteiger partial charge in [-0.1, -0.05) is 30.3 Å². The van der Waals surface area contributed by atoms with Crippen molar-refractivity contribution in [2.24, 2.45) is 0 Å². The number of hydrogen-bond donors (Lipinski definition) is 1. The molecule has 34 heavy (non-hydrogen) atoms. The lowest BCUT2D eigenvalue weighted by Gasteiger charge is -2.34. The van der Waals surface area contributed by atoms with Gasteiger partial charge in [-0.2, -0.15) is 18.3 Å². The zero-order chi connectivity index (χ0) is 23.9. The summed E-state index contributed by atoms with van der Waals surface area (Å²) in [6.07, 6.45) is -3.40. The van der Waals surface area contributed by atoms with Crippen LogP contribution in [0.25, 0.3) is 0 Å². The minimum absolute atomic E-state index is 0.0200. The van der Waals surface area contributed by atoms with Crippen molar-refractivity contribution in [2.75, 3.05) is 31.5 Å². The third kappa shape index (κ3) is 4.46. The van der Waals surface area contributed by atoms with E-state index in [9.17, 15) is 18.0 Å². The van der Waals surface area contributed by atoms with E-state index in [1.807, 2.05) is 18.2 Å². The number of furan rings is 1. The number of benzene rings is 1. The van der Waals surface area contributed by atoms with Crippen LogP contribution in [0.1, 0.15) is 40.3 Å². The molecule has 2 aliphatic rings. The summed E-state index contributed by atoms with van der Waals surface area (Å²) in [5.74, 6) is 0.141. The van der Waals surface area contributed by atoms with Gasteiger partial charge in [-0.3, -0.25) is 9.69 Å². The van der Waals surface area contributed by atoms with Gasteiger partial charge >= 0.3 is 6.18 Å². The number of rotatable bonds is 4. The third-order valence-electron chi connectivity index (χ3n) is 6.29. The topological polar surface area (TPSA) is 66.5 Å². The van der Waals surface area contributed by atoms with Gasteiger partial charge in [0.25, 0.3) is 5.91 Å². The number of halogens is 4. The molecule has 2 atom stereocenters. The normalized spacial score (nSPS) is 21.2. The maximum absolute atomic E-state index is 13.9. The number of fused-ring (bicyclic) bond motifs is 1. The van der Waals surface area contributed by atoms with Gasteiger partial charge in [-0.05, 0) is 33.6 Å². The molecule has 1 aromatic carbocycles. The van der Waals surface area contributed by atoms with E-state index in [2.05, 4.69) is 43.4 Å². The molecule has 0 radical (unpaired) electrons. The van der Waals surface area contributed by atoms with Crippen molar-refractivity contribution >= 4 is 27.7 Å². The summed E-state index contributed by atoms with van der Waals surface area (Å²) < 4.78 is 48.2. The summed E-state index contributed by atoms with van der Waals surface area (Å²) in [5.41, 5.74) is 1.18. The average Bonchev–Trinajstić information content (AvgIpc) is 3.47. The van der Waals surface area contributed by atoms with Crippen molar-refractivity contribution in [1.29, 1.82) is 0 Å². The Balaban J connectivity index is 1.34. The first-order valence-electron chi connectivity index (χ1n) is 11.0. The molecular formula is C23H23BrF3N5O2. The Morgan fingerprint density at radius 2 is 1.85 bits per heavy atom. The van der Waals surface area contributed by atoms with Crippen molar-refractivity contribution in [1.82, 2.24) is 19.6 Å². The van der Waals surface area contributed by atoms with Gasteiger partial charge in [0.15, 0.2) is 11.7 Å². The zero-order valence-electron chi connectivity index (χ0n) is 18.1. The van der Waals surface area contributed by atoms with Gasteiger partial charge in [0.05, 0.1) is 16.8 Å². The first kappa shape index (κ1) is 23.0. The Hall–Kier alpha value is -2.79. The van der Waals surface area contributed by atoms with Crippen LogP contribution in [-0.4, -0.2) is 57.8 Å². The Kier molecular flexibility index (Phi) is 6.15. The number of alkyl halides is 3. The molecule has 1 amide bonds. The summed E-state index contributed by atoms with van der Waals surface area (Å²) in [5, 5.41) is 7.19. The molecule has 2 aliphatic heterocycles. The first-order chi connectivity index (χ1) is 16.3. The molecule has 0 bridgehead atoms. The fourth-order valence-electron chi connectivity index (χ4n) is 4.50. The molecule has 1 fully saturated rings. The van der Waals surface area contributed by atoms with Crippen LogP contribution in [0.2, 0.25) is 0 Å². The lowest BCUT2D eigenvalue weighted by Crippen LogP contribution is -2.48. The van der Waals surface area contributed by atoms with Gasteiger partial charge < -0.3 is 14.6 Å². The summed E-state index contributed by atoms with van der Waals surface area (Å²) in [6, 6.07) is 10.8. The molecule has 2 aromatic heterocycles. The van der Waals surface area contributed by atoms with E-state index >= 15 is 0 Å². The number of hydrogen-bond acceptors (Lipinski definition) is 5. The second kappa shape index (κ2) is 9.10. The lowest BCUT2D eigenvalue weighted by atomic mass is 10.0. The summed E-state index contributed by atoms with van der Waals surface area (Å²) in [4.78, 5) is 17.1. The fraction of sp³-hybridized carbons (Fsp3) is 0.391. The van der Waals surface area contributed by atoms with Crippen molar-refractivity contribution < 1.29 is 22.4 Å². The van der Waals surface area contributed by atoms with Crippen LogP contribution in [-0.2, 0) is 6.54 Å². The van der Waals surface area contributed by atoms with Crippen molar-refractivity contribution in [2.45, 2.75) is 31.2 Å². The van der Waals surface area contributed by atoms with E-state index in [4.69, 9.17) is 4.42 Å². The van der Waals surface area contributed by atoms with E-state index in [-0.39, 0.29) is 28.3 Å².